The molecule has 0 aliphatic rings. The van der Waals surface area contributed by atoms with E-state index in [0.717, 1.165) is 66.8 Å². The lowest BCUT2D eigenvalue weighted by Crippen LogP contribution is -2.12. The second-order valence-corrected chi connectivity index (χ2v) is 14.1. The molecule has 0 fully saturated rings. The van der Waals surface area contributed by atoms with Crippen molar-refractivity contribution in [2.75, 3.05) is 4.90 Å². The van der Waals surface area contributed by atoms with Crippen molar-refractivity contribution in [2.45, 2.75) is 13.5 Å². The van der Waals surface area contributed by atoms with Crippen molar-refractivity contribution >= 4 is 57.4 Å². The minimum Gasteiger partial charge on any atom is -0.454 e. The molecule has 5 heteroatoms. The molecule has 0 N–H and O–H groups in total. The summed E-state index contributed by atoms with van der Waals surface area (Å²) < 4.78 is 6.86. The second-order valence-electron chi connectivity index (χ2n) is 14.1. The molecule has 0 aliphatic carbocycles. The van der Waals surface area contributed by atoms with Crippen molar-refractivity contribution in [3.63, 3.8) is 0 Å². The van der Waals surface area contributed by atoms with E-state index >= 15 is 0 Å². The Morgan fingerprint density at radius 1 is 0.534 bits per heavy atom. The molecule has 1 aromatic heterocycles. The maximum atomic E-state index is 6.86. The number of rotatable bonds is 9. The van der Waals surface area contributed by atoms with Crippen LogP contribution in [0.2, 0.25) is 0 Å². The molecule has 0 unspecified atom stereocenters. The van der Waals surface area contributed by atoms with E-state index in [0.29, 0.717) is 18.2 Å². The van der Waals surface area contributed by atoms with Gasteiger partial charge in [-0.1, -0.05) is 170 Å². The predicted molar refractivity (Wildman–Crippen MR) is 243 cm³/mol. The van der Waals surface area contributed by atoms with Crippen LogP contribution in [0, 0.1) is 6.92 Å². The van der Waals surface area contributed by atoms with Crippen LogP contribution in [0.5, 0.6) is 0 Å². The fraction of sp³-hybridized carbons (Fsp3) is 0.0377. The molecule has 278 valence electrons. The van der Waals surface area contributed by atoms with Crippen LogP contribution in [-0.2, 0) is 6.54 Å². The summed E-state index contributed by atoms with van der Waals surface area (Å²) in [7, 11) is 0. The summed E-state index contributed by atoms with van der Waals surface area (Å²) in [5.41, 5.74) is 13.3. The molecule has 0 radical (unpaired) electrons. The van der Waals surface area contributed by atoms with Gasteiger partial charge in [-0.15, -0.1) is 0 Å². The van der Waals surface area contributed by atoms with Gasteiger partial charge >= 0.3 is 0 Å². The molecule has 0 bridgehead atoms. The Labute approximate surface area is 338 Å². The van der Waals surface area contributed by atoms with Crippen molar-refractivity contribution in [2.24, 2.45) is 15.0 Å². The van der Waals surface area contributed by atoms with Gasteiger partial charge in [-0.2, -0.15) is 0 Å². The van der Waals surface area contributed by atoms with Crippen LogP contribution in [0.3, 0.4) is 0 Å². The Kier molecular flexibility index (Phi) is 10.1. The third-order valence-corrected chi connectivity index (χ3v) is 10.5. The minimum absolute atomic E-state index is 0.485. The number of nitrogens with zero attached hydrogens (tertiary/aromatic N) is 4. The summed E-state index contributed by atoms with van der Waals surface area (Å²) in [4.78, 5) is 16.6. The van der Waals surface area contributed by atoms with Gasteiger partial charge in [-0.05, 0) is 77.4 Å². The molecule has 1 heterocycles. The van der Waals surface area contributed by atoms with Crippen LogP contribution >= 0.6 is 0 Å². The molecule has 0 spiro atoms. The number of anilines is 3. The number of fused-ring (bicyclic) bond motifs is 3. The molecule has 8 aromatic carbocycles. The van der Waals surface area contributed by atoms with Crippen molar-refractivity contribution in [3.8, 4) is 22.3 Å². The Bertz CT molecular complexity index is 2920. The third kappa shape index (κ3) is 7.13. The van der Waals surface area contributed by atoms with Gasteiger partial charge in [0, 0.05) is 33.3 Å². The van der Waals surface area contributed by atoms with Crippen LogP contribution < -0.4 is 4.90 Å². The Balaban J connectivity index is 1.15. The SMILES string of the molecule is C=NC(=NC(=NCc1ccccc1)c1ccc(-c2cccc3oc4c(N(c5ccccc5)c5cccc(-c6ccccc6)c5C)cccc4c23)cc1)c1ccccc1. The second kappa shape index (κ2) is 16.2. The summed E-state index contributed by atoms with van der Waals surface area (Å²) in [6.45, 7) is 6.52. The molecule has 9 rings (SSSR count). The van der Waals surface area contributed by atoms with Crippen LogP contribution in [0.1, 0.15) is 22.3 Å². The lowest BCUT2D eigenvalue weighted by atomic mass is 9.97. The van der Waals surface area contributed by atoms with E-state index in [9.17, 15) is 0 Å². The largest absolute Gasteiger partial charge is 0.454 e. The molecule has 0 amide bonds. The highest BCUT2D eigenvalue weighted by Crippen LogP contribution is 2.46. The molecule has 0 atom stereocenters. The minimum atomic E-state index is 0.485. The molecule has 5 nitrogen and oxygen atoms in total. The third-order valence-electron chi connectivity index (χ3n) is 10.5. The van der Waals surface area contributed by atoms with Crippen LogP contribution in [-0.4, -0.2) is 18.4 Å². The van der Waals surface area contributed by atoms with Gasteiger partial charge in [0.15, 0.2) is 17.3 Å². The van der Waals surface area contributed by atoms with Gasteiger partial charge in [0.25, 0.3) is 0 Å². The molecule has 9 aromatic rings. The van der Waals surface area contributed by atoms with Gasteiger partial charge < -0.3 is 9.32 Å². The van der Waals surface area contributed by atoms with Crippen LogP contribution in [0.25, 0.3) is 44.2 Å². The first-order valence-electron chi connectivity index (χ1n) is 19.4. The Hall–Kier alpha value is -7.63. The summed E-state index contributed by atoms with van der Waals surface area (Å²) in [6, 6.07) is 68.9. The van der Waals surface area contributed by atoms with Gasteiger partial charge in [-0.3, -0.25) is 4.99 Å². The van der Waals surface area contributed by atoms with Gasteiger partial charge in [0.05, 0.1) is 12.2 Å². The van der Waals surface area contributed by atoms with Crippen LogP contribution in [0.4, 0.5) is 17.1 Å². The molecule has 0 aliphatic heterocycles. The average molecular weight is 749 g/mol. The van der Waals surface area contributed by atoms with E-state index in [1.165, 1.54) is 16.7 Å². The fourth-order valence-corrected chi connectivity index (χ4v) is 7.65. The summed E-state index contributed by atoms with van der Waals surface area (Å²) >= 11 is 0. The number of aliphatic imine (C=N–C) groups is 3. The quantitative estimate of drug-likeness (QED) is 0.109. The van der Waals surface area contributed by atoms with E-state index in [1.54, 1.807) is 0 Å². The highest BCUT2D eigenvalue weighted by Gasteiger charge is 2.23. The summed E-state index contributed by atoms with van der Waals surface area (Å²) in [5, 5.41) is 2.11. The van der Waals surface area contributed by atoms with Gasteiger partial charge in [0.2, 0.25) is 0 Å². The average Bonchev–Trinajstić information content (AvgIpc) is 3.68. The Morgan fingerprint density at radius 2 is 1.12 bits per heavy atom. The highest BCUT2D eigenvalue weighted by atomic mass is 16.3. The first-order chi connectivity index (χ1) is 28.7. The molecular weight excluding hydrogens is 709 g/mol. The van der Waals surface area contributed by atoms with Crippen molar-refractivity contribution in [1.82, 2.24) is 0 Å². The summed E-state index contributed by atoms with van der Waals surface area (Å²) in [5.74, 6) is 1.11. The van der Waals surface area contributed by atoms with E-state index in [1.807, 2.05) is 48.5 Å². The highest BCUT2D eigenvalue weighted by molar-refractivity contribution is 6.16. The molecular formula is C53H40N4O. The van der Waals surface area contributed by atoms with Crippen molar-refractivity contribution in [1.29, 1.82) is 0 Å². The van der Waals surface area contributed by atoms with Crippen LogP contribution in [0.15, 0.2) is 220 Å². The standard InChI is InChI=1S/C53H40N4O/c1-37-44(39-20-9-4-10-21-39)26-15-29-47(37)57(43-24-13-6-14-25-43)48-30-16-28-46-50-45(27-17-31-49(50)58-51(46)48)40-32-34-42(35-33-40)53(55-36-38-18-7-3-8-19-38)56-52(54-2)41-22-11-5-12-23-41/h3-35H,2,36H2,1H3. The zero-order valence-electron chi connectivity index (χ0n) is 32.2. The number of furan rings is 1. The summed E-state index contributed by atoms with van der Waals surface area (Å²) in [6.07, 6.45) is 0. The number of para-hydroxylation sites is 2. The fourth-order valence-electron chi connectivity index (χ4n) is 7.65. The lowest BCUT2D eigenvalue weighted by Gasteiger charge is -2.28. The van der Waals surface area contributed by atoms with Gasteiger partial charge in [0.1, 0.15) is 5.58 Å². The van der Waals surface area contributed by atoms with E-state index in [4.69, 9.17) is 14.4 Å². The van der Waals surface area contributed by atoms with Crippen molar-refractivity contribution in [3.05, 3.63) is 222 Å². The predicted octanol–water partition coefficient (Wildman–Crippen LogP) is 13.8. The smallest absolute Gasteiger partial charge is 0.161 e. The first-order valence-corrected chi connectivity index (χ1v) is 19.4. The lowest BCUT2D eigenvalue weighted by molar-refractivity contribution is 0.669. The van der Waals surface area contributed by atoms with Crippen molar-refractivity contribution < 1.29 is 4.42 Å². The molecule has 58 heavy (non-hydrogen) atoms. The van der Waals surface area contributed by atoms with Gasteiger partial charge in [-0.25, -0.2) is 9.98 Å². The normalized spacial score (nSPS) is 11.9. The molecule has 0 saturated carbocycles. The topological polar surface area (TPSA) is 53.5 Å². The number of hydrogen-bond donors (Lipinski definition) is 0. The van der Waals surface area contributed by atoms with E-state index in [-0.39, 0.29) is 0 Å². The first kappa shape index (κ1) is 36.0. The molecule has 0 saturated heterocycles. The Morgan fingerprint density at radius 3 is 1.84 bits per heavy atom. The zero-order valence-corrected chi connectivity index (χ0v) is 32.2. The monoisotopic (exact) mass is 748 g/mol. The maximum absolute atomic E-state index is 6.86. The number of hydrogen-bond acceptors (Lipinski definition) is 3. The number of benzene rings is 8. The maximum Gasteiger partial charge on any atom is 0.161 e. The van der Waals surface area contributed by atoms with E-state index in [2.05, 4.69) is 175 Å². The zero-order chi connectivity index (χ0) is 39.3. The number of amidine groups is 2. The van der Waals surface area contributed by atoms with E-state index < -0.39 is 0 Å².